The van der Waals surface area contributed by atoms with E-state index in [2.05, 4.69) is 39.9 Å². The summed E-state index contributed by atoms with van der Waals surface area (Å²) >= 11 is 1.74. The van der Waals surface area contributed by atoms with Crippen molar-refractivity contribution in [2.45, 2.75) is 32.4 Å². The number of likely N-dealkylation sites (tertiary alicyclic amines) is 1. The monoisotopic (exact) mass is 407 g/mol. The van der Waals surface area contributed by atoms with Crippen LogP contribution in [0.25, 0.3) is 11.3 Å². The van der Waals surface area contributed by atoms with Gasteiger partial charge in [0.15, 0.2) is 0 Å². The van der Waals surface area contributed by atoms with Crippen molar-refractivity contribution < 1.29 is 9.21 Å². The van der Waals surface area contributed by atoms with E-state index in [4.69, 9.17) is 9.40 Å². The van der Waals surface area contributed by atoms with Gasteiger partial charge in [-0.3, -0.25) is 9.69 Å². The van der Waals surface area contributed by atoms with Crippen molar-refractivity contribution >= 4 is 17.2 Å². The molecule has 3 aromatic rings. The van der Waals surface area contributed by atoms with Gasteiger partial charge in [0.2, 0.25) is 5.91 Å². The Balaban J connectivity index is 1.11. The first kappa shape index (κ1) is 18.6. The summed E-state index contributed by atoms with van der Waals surface area (Å²) in [6, 6.07) is 14.1. The van der Waals surface area contributed by atoms with Crippen LogP contribution in [0, 0.1) is 11.3 Å². The lowest BCUT2D eigenvalue weighted by atomic mass is 9.90. The summed E-state index contributed by atoms with van der Waals surface area (Å²) in [5.74, 6) is 1.16. The van der Waals surface area contributed by atoms with Crippen LogP contribution in [0.1, 0.15) is 30.0 Å². The maximum atomic E-state index is 12.5. The zero-order valence-electron chi connectivity index (χ0n) is 16.3. The highest BCUT2D eigenvalue weighted by Gasteiger charge is 2.58. The summed E-state index contributed by atoms with van der Waals surface area (Å²) in [6.07, 6.45) is 4.87. The molecule has 1 aliphatic heterocycles. The first-order valence-corrected chi connectivity index (χ1v) is 11.1. The molecular formula is C23H25N3O2S. The standard InChI is InChI=1S/C23H25N3O2S/c27-22(24-14-18-7-4-12-28-18)19-13-23(19)8-10-26(11-9-23)15-21-25-20(16-29-21)17-5-2-1-3-6-17/h1-7,12,16,19H,8-11,13-15H2,(H,24,27). The highest BCUT2D eigenvalue weighted by Crippen LogP contribution is 2.59. The number of hydrogen-bond acceptors (Lipinski definition) is 5. The molecule has 1 aliphatic carbocycles. The molecule has 1 atom stereocenters. The number of hydrogen-bond donors (Lipinski definition) is 1. The number of piperidine rings is 1. The zero-order chi connectivity index (χ0) is 19.7. The van der Waals surface area contributed by atoms with Gasteiger partial charge in [0.1, 0.15) is 10.8 Å². The molecule has 2 aromatic heterocycles. The molecule has 6 heteroatoms. The Morgan fingerprint density at radius 1 is 1.21 bits per heavy atom. The van der Waals surface area contributed by atoms with Crippen molar-refractivity contribution in [2.75, 3.05) is 13.1 Å². The number of furan rings is 1. The van der Waals surface area contributed by atoms with Gasteiger partial charge in [-0.25, -0.2) is 4.98 Å². The molecule has 1 saturated heterocycles. The smallest absolute Gasteiger partial charge is 0.224 e. The fraction of sp³-hybridized carbons (Fsp3) is 0.391. The van der Waals surface area contributed by atoms with Crippen LogP contribution in [0.15, 0.2) is 58.5 Å². The number of carbonyl (C=O) groups is 1. The Morgan fingerprint density at radius 2 is 2.03 bits per heavy atom. The molecule has 0 bridgehead atoms. The number of amides is 1. The quantitative estimate of drug-likeness (QED) is 0.661. The molecule has 1 N–H and O–H groups in total. The number of benzene rings is 1. The molecule has 3 heterocycles. The van der Waals surface area contributed by atoms with Gasteiger partial charge < -0.3 is 9.73 Å². The third-order valence-corrected chi connectivity index (χ3v) is 7.19. The largest absolute Gasteiger partial charge is 0.467 e. The second-order valence-electron chi connectivity index (χ2n) is 8.18. The van der Waals surface area contributed by atoms with Crippen LogP contribution in [-0.4, -0.2) is 28.9 Å². The summed E-state index contributed by atoms with van der Waals surface area (Å²) in [5, 5.41) is 6.35. The van der Waals surface area contributed by atoms with E-state index in [1.807, 2.05) is 18.2 Å². The van der Waals surface area contributed by atoms with E-state index in [9.17, 15) is 4.79 Å². The molecule has 2 aliphatic rings. The molecule has 5 nitrogen and oxygen atoms in total. The normalized spacial score (nSPS) is 20.6. The van der Waals surface area contributed by atoms with Crippen LogP contribution in [0.2, 0.25) is 0 Å². The summed E-state index contributed by atoms with van der Waals surface area (Å²) in [7, 11) is 0. The minimum atomic E-state index is 0.171. The third-order valence-electron chi connectivity index (χ3n) is 6.36. The fourth-order valence-electron chi connectivity index (χ4n) is 4.45. The number of aromatic nitrogens is 1. The molecule has 1 aromatic carbocycles. The van der Waals surface area contributed by atoms with E-state index < -0.39 is 0 Å². The first-order valence-electron chi connectivity index (χ1n) is 10.2. The maximum absolute atomic E-state index is 12.5. The molecule has 0 radical (unpaired) electrons. The molecule has 2 fully saturated rings. The Hall–Kier alpha value is -2.44. The van der Waals surface area contributed by atoms with Crippen LogP contribution in [0.4, 0.5) is 0 Å². The van der Waals surface area contributed by atoms with E-state index in [1.165, 1.54) is 10.6 Å². The van der Waals surface area contributed by atoms with Gasteiger partial charge in [-0.15, -0.1) is 11.3 Å². The molecule has 5 rings (SSSR count). The molecule has 1 saturated carbocycles. The molecule has 1 amide bonds. The number of rotatable bonds is 6. The van der Waals surface area contributed by atoms with E-state index in [-0.39, 0.29) is 17.2 Å². The average Bonchev–Trinajstić information content (AvgIpc) is 3.12. The van der Waals surface area contributed by atoms with Crippen molar-refractivity contribution in [3.63, 3.8) is 0 Å². The van der Waals surface area contributed by atoms with Gasteiger partial charge in [0, 0.05) is 16.9 Å². The number of nitrogens with zero attached hydrogens (tertiary/aromatic N) is 2. The highest BCUT2D eigenvalue weighted by atomic mass is 32.1. The van der Waals surface area contributed by atoms with Crippen LogP contribution in [-0.2, 0) is 17.9 Å². The van der Waals surface area contributed by atoms with Gasteiger partial charge >= 0.3 is 0 Å². The molecule has 150 valence electrons. The van der Waals surface area contributed by atoms with Crippen molar-refractivity contribution in [1.82, 2.24) is 15.2 Å². The third kappa shape index (κ3) is 4.00. The summed E-state index contributed by atoms with van der Waals surface area (Å²) in [6.45, 7) is 3.48. The second-order valence-corrected chi connectivity index (χ2v) is 9.13. The first-order chi connectivity index (χ1) is 14.2. The predicted octanol–water partition coefficient (Wildman–Crippen LogP) is 4.32. The average molecular weight is 408 g/mol. The van der Waals surface area contributed by atoms with Crippen LogP contribution in [0.5, 0.6) is 0 Å². The lowest BCUT2D eigenvalue weighted by Gasteiger charge is -2.32. The van der Waals surface area contributed by atoms with E-state index in [0.29, 0.717) is 6.54 Å². The van der Waals surface area contributed by atoms with Crippen LogP contribution < -0.4 is 5.32 Å². The van der Waals surface area contributed by atoms with E-state index >= 15 is 0 Å². The van der Waals surface area contributed by atoms with Crippen molar-refractivity contribution in [2.24, 2.45) is 11.3 Å². The Morgan fingerprint density at radius 3 is 2.79 bits per heavy atom. The summed E-state index contributed by atoms with van der Waals surface area (Å²) < 4.78 is 5.30. The zero-order valence-corrected chi connectivity index (χ0v) is 17.2. The maximum Gasteiger partial charge on any atom is 0.224 e. The van der Waals surface area contributed by atoms with Gasteiger partial charge in [-0.2, -0.15) is 0 Å². The SMILES string of the molecule is O=C(NCc1ccco1)C1CC12CCN(Cc1nc(-c3ccccc3)cs1)CC2. The molecule has 1 spiro atoms. The van der Waals surface area contributed by atoms with E-state index in [0.717, 1.165) is 50.4 Å². The number of thiazole rings is 1. The van der Waals surface area contributed by atoms with Crippen molar-refractivity contribution in [3.05, 3.63) is 64.9 Å². The summed E-state index contributed by atoms with van der Waals surface area (Å²) in [4.78, 5) is 19.8. The van der Waals surface area contributed by atoms with Gasteiger partial charge in [0.05, 0.1) is 25.0 Å². The highest BCUT2D eigenvalue weighted by molar-refractivity contribution is 7.09. The van der Waals surface area contributed by atoms with Crippen LogP contribution in [0.3, 0.4) is 0 Å². The van der Waals surface area contributed by atoms with Crippen LogP contribution >= 0.6 is 11.3 Å². The minimum absolute atomic E-state index is 0.171. The van der Waals surface area contributed by atoms with Crippen molar-refractivity contribution in [1.29, 1.82) is 0 Å². The molecule has 29 heavy (non-hydrogen) atoms. The Bertz CT molecular complexity index is 959. The van der Waals surface area contributed by atoms with Gasteiger partial charge in [-0.1, -0.05) is 30.3 Å². The lowest BCUT2D eigenvalue weighted by Crippen LogP contribution is -2.36. The predicted molar refractivity (Wildman–Crippen MR) is 113 cm³/mol. The Kier molecular flexibility index (Phi) is 4.97. The Labute approximate surface area is 174 Å². The van der Waals surface area contributed by atoms with Gasteiger partial charge in [-0.05, 0) is 49.9 Å². The molecular weight excluding hydrogens is 382 g/mol. The molecule has 1 unspecified atom stereocenters. The number of carbonyl (C=O) groups excluding carboxylic acids is 1. The van der Waals surface area contributed by atoms with E-state index in [1.54, 1.807) is 17.6 Å². The minimum Gasteiger partial charge on any atom is -0.467 e. The van der Waals surface area contributed by atoms with Gasteiger partial charge in [0.25, 0.3) is 0 Å². The fourth-order valence-corrected chi connectivity index (χ4v) is 5.30. The lowest BCUT2D eigenvalue weighted by molar-refractivity contribution is -0.123. The van der Waals surface area contributed by atoms with Crippen molar-refractivity contribution in [3.8, 4) is 11.3 Å². The second kappa shape index (κ2) is 7.76. The summed E-state index contributed by atoms with van der Waals surface area (Å²) in [5.41, 5.74) is 2.46. The number of nitrogens with one attached hydrogen (secondary N) is 1. The topological polar surface area (TPSA) is 58.4 Å².